The quantitative estimate of drug-likeness (QED) is 0.391. The fourth-order valence-corrected chi connectivity index (χ4v) is 2.44. The van der Waals surface area contributed by atoms with E-state index in [-0.39, 0.29) is 0 Å². The van der Waals surface area contributed by atoms with Crippen LogP contribution < -0.4 is 0 Å². The van der Waals surface area contributed by atoms with Gasteiger partial charge < -0.3 is 0 Å². The Hall–Kier alpha value is -2.91. The molecule has 23 heavy (non-hydrogen) atoms. The Bertz CT molecular complexity index is 1020. The minimum atomic E-state index is -4.48. The summed E-state index contributed by atoms with van der Waals surface area (Å²) < 4.78 is 36.5. The Morgan fingerprint density at radius 3 is 1.70 bits per heavy atom. The zero-order valence-electron chi connectivity index (χ0n) is 12.3. The topological polar surface area (TPSA) is 0 Å². The second kappa shape index (κ2) is 5.71. The van der Waals surface area contributed by atoms with Gasteiger partial charge in [0.2, 0.25) is 0 Å². The van der Waals surface area contributed by atoms with Crippen molar-refractivity contribution in [3.63, 3.8) is 0 Å². The Labute approximate surface area is 131 Å². The summed E-state index contributed by atoms with van der Waals surface area (Å²) in [4.78, 5) is 0. The van der Waals surface area contributed by atoms with Crippen LogP contribution in [0.25, 0.3) is 21.5 Å². The smallest absolute Gasteiger partial charge is 0.159 e. The summed E-state index contributed by atoms with van der Waals surface area (Å²) >= 11 is 0. The summed E-state index contributed by atoms with van der Waals surface area (Å²) in [6.07, 6.45) is -4.48. The molecule has 0 spiro atoms. The first-order valence-electron chi connectivity index (χ1n) is 6.95. The van der Waals surface area contributed by atoms with Crippen LogP contribution in [0.4, 0.5) is 13.2 Å². The fourth-order valence-electron chi connectivity index (χ4n) is 2.44. The molecule has 0 unspecified atom stereocenters. The normalized spacial score (nSPS) is 10.8. The number of hydrogen-bond donors (Lipinski definition) is 0. The van der Waals surface area contributed by atoms with Crippen LogP contribution in [0, 0.1) is 23.7 Å². The van der Waals surface area contributed by atoms with Gasteiger partial charge in [-0.2, -0.15) is 13.2 Å². The Morgan fingerprint density at radius 1 is 0.696 bits per heavy atom. The molecule has 0 saturated carbocycles. The van der Waals surface area contributed by atoms with Crippen LogP contribution in [-0.4, -0.2) is 6.18 Å². The average Bonchev–Trinajstić information content (AvgIpc) is 2.50. The van der Waals surface area contributed by atoms with Crippen molar-refractivity contribution in [2.24, 2.45) is 0 Å². The van der Waals surface area contributed by atoms with Crippen LogP contribution >= 0.6 is 0 Å². The molecule has 0 fully saturated rings. The van der Waals surface area contributed by atoms with Gasteiger partial charge >= 0.3 is 6.18 Å². The van der Waals surface area contributed by atoms with E-state index < -0.39 is 6.18 Å². The number of rotatable bonds is 0. The van der Waals surface area contributed by atoms with E-state index in [0.717, 1.165) is 27.1 Å². The third-order valence-electron chi connectivity index (χ3n) is 3.41. The van der Waals surface area contributed by atoms with Gasteiger partial charge in [0.15, 0.2) is 0 Å². The zero-order chi connectivity index (χ0) is 16.4. The molecule has 0 N–H and O–H groups in total. The SMILES string of the molecule is CC#Cc1ccc2cc3cc(C#CC(F)(F)F)ccc3cc2c1. The lowest BCUT2D eigenvalue weighted by atomic mass is 10.0. The average molecular weight is 308 g/mol. The monoisotopic (exact) mass is 308 g/mol. The third kappa shape index (κ3) is 3.47. The van der Waals surface area contributed by atoms with Crippen LogP contribution in [0.2, 0.25) is 0 Å². The lowest BCUT2D eigenvalue weighted by Gasteiger charge is -2.04. The fraction of sp³-hybridized carbons (Fsp3) is 0.100. The summed E-state index contributed by atoms with van der Waals surface area (Å²) in [6.45, 7) is 1.79. The second-order valence-electron chi connectivity index (χ2n) is 5.10. The lowest BCUT2D eigenvalue weighted by molar-refractivity contribution is -0.0696. The molecule has 0 atom stereocenters. The van der Waals surface area contributed by atoms with E-state index in [1.54, 1.807) is 25.1 Å². The maximum atomic E-state index is 12.2. The summed E-state index contributed by atoms with van der Waals surface area (Å²) in [5, 5.41) is 3.88. The third-order valence-corrected chi connectivity index (χ3v) is 3.41. The number of hydrogen-bond acceptors (Lipinski definition) is 0. The first-order chi connectivity index (χ1) is 10.9. The molecule has 0 heterocycles. The minimum absolute atomic E-state index is 0.350. The van der Waals surface area contributed by atoms with E-state index in [0.29, 0.717) is 5.56 Å². The summed E-state index contributed by atoms with van der Waals surface area (Å²) in [5.41, 5.74) is 1.29. The van der Waals surface area contributed by atoms with Gasteiger partial charge in [-0.25, -0.2) is 0 Å². The predicted molar refractivity (Wildman–Crippen MR) is 86.9 cm³/mol. The molecule has 0 nitrogen and oxygen atoms in total. The number of benzene rings is 3. The molecule has 0 saturated heterocycles. The molecule has 0 bridgehead atoms. The molecule has 0 aliphatic carbocycles. The van der Waals surface area contributed by atoms with Crippen molar-refractivity contribution < 1.29 is 13.2 Å². The highest BCUT2D eigenvalue weighted by Crippen LogP contribution is 2.25. The highest BCUT2D eigenvalue weighted by molar-refractivity contribution is 5.99. The van der Waals surface area contributed by atoms with Crippen LogP contribution in [0.3, 0.4) is 0 Å². The van der Waals surface area contributed by atoms with Gasteiger partial charge in [-0.05, 0) is 64.9 Å². The van der Waals surface area contributed by atoms with Gasteiger partial charge in [0, 0.05) is 17.0 Å². The van der Waals surface area contributed by atoms with E-state index in [1.807, 2.05) is 30.3 Å². The molecule has 3 rings (SSSR count). The van der Waals surface area contributed by atoms with Crippen LogP contribution in [0.5, 0.6) is 0 Å². The number of halogens is 3. The molecule has 3 heteroatoms. The van der Waals surface area contributed by atoms with Crippen molar-refractivity contribution in [1.82, 2.24) is 0 Å². The van der Waals surface area contributed by atoms with Crippen molar-refractivity contribution in [3.8, 4) is 23.7 Å². The zero-order valence-corrected chi connectivity index (χ0v) is 12.3. The maximum absolute atomic E-state index is 12.2. The Kier molecular flexibility index (Phi) is 3.72. The van der Waals surface area contributed by atoms with Crippen LogP contribution in [0.15, 0.2) is 48.5 Å². The van der Waals surface area contributed by atoms with Crippen molar-refractivity contribution in [2.75, 3.05) is 0 Å². The summed E-state index contributed by atoms with van der Waals surface area (Å²) in [6, 6.07) is 14.9. The van der Waals surface area contributed by atoms with E-state index in [1.165, 1.54) is 5.92 Å². The number of fused-ring (bicyclic) bond motifs is 2. The molecule has 112 valence electrons. The standard InChI is InChI=1S/C20H11F3/c1-2-3-14-4-6-16-13-19-11-15(8-9-20(21,22)23)5-7-17(19)12-18(16)10-14/h4-7,10-13H,1H3. The molecular weight excluding hydrogens is 297 g/mol. The Morgan fingerprint density at radius 2 is 1.22 bits per heavy atom. The van der Waals surface area contributed by atoms with Crippen LogP contribution in [-0.2, 0) is 0 Å². The minimum Gasteiger partial charge on any atom is -0.159 e. The van der Waals surface area contributed by atoms with Crippen molar-refractivity contribution in [1.29, 1.82) is 0 Å². The van der Waals surface area contributed by atoms with Gasteiger partial charge in [-0.1, -0.05) is 24.0 Å². The van der Waals surface area contributed by atoms with Crippen molar-refractivity contribution in [3.05, 3.63) is 59.7 Å². The highest BCUT2D eigenvalue weighted by atomic mass is 19.4. The summed E-state index contributed by atoms with van der Waals surface area (Å²) in [7, 11) is 0. The van der Waals surface area contributed by atoms with Gasteiger partial charge in [0.25, 0.3) is 0 Å². The molecular formula is C20H11F3. The van der Waals surface area contributed by atoms with E-state index in [9.17, 15) is 13.2 Å². The van der Waals surface area contributed by atoms with E-state index in [2.05, 4.69) is 17.8 Å². The second-order valence-corrected chi connectivity index (χ2v) is 5.10. The Balaban J connectivity index is 2.12. The van der Waals surface area contributed by atoms with E-state index in [4.69, 9.17) is 0 Å². The molecule has 0 amide bonds. The molecule has 0 aliphatic heterocycles. The molecule has 0 aromatic heterocycles. The molecule has 0 radical (unpaired) electrons. The van der Waals surface area contributed by atoms with Gasteiger partial charge in [-0.15, -0.1) is 5.92 Å². The van der Waals surface area contributed by atoms with Gasteiger partial charge in [-0.3, -0.25) is 0 Å². The summed E-state index contributed by atoms with van der Waals surface area (Å²) in [5.74, 6) is 9.33. The van der Waals surface area contributed by atoms with Crippen molar-refractivity contribution >= 4 is 21.5 Å². The van der Waals surface area contributed by atoms with Crippen LogP contribution in [0.1, 0.15) is 18.1 Å². The largest absolute Gasteiger partial charge is 0.458 e. The molecule has 3 aromatic rings. The van der Waals surface area contributed by atoms with Gasteiger partial charge in [0.05, 0.1) is 0 Å². The van der Waals surface area contributed by atoms with Gasteiger partial charge in [0.1, 0.15) is 0 Å². The van der Waals surface area contributed by atoms with Crippen molar-refractivity contribution in [2.45, 2.75) is 13.1 Å². The first kappa shape index (κ1) is 15.0. The molecule has 3 aromatic carbocycles. The lowest BCUT2D eigenvalue weighted by Crippen LogP contribution is -2.01. The first-order valence-corrected chi connectivity index (χ1v) is 6.95. The van der Waals surface area contributed by atoms with E-state index >= 15 is 0 Å². The number of alkyl halides is 3. The predicted octanol–water partition coefficient (Wildman–Crippen LogP) is 5.28. The molecule has 0 aliphatic rings. The maximum Gasteiger partial charge on any atom is 0.458 e. The highest BCUT2D eigenvalue weighted by Gasteiger charge is 2.22.